The minimum Gasteiger partial charge on any atom is -0.298 e. The maximum absolute atomic E-state index is 11.9. The van der Waals surface area contributed by atoms with Crippen LogP contribution in [0.4, 0.5) is 0 Å². The highest BCUT2D eigenvalue weighted by molar-refractivity contribution is 5.98. The number of carbonyl (C=O) groups is 2. The molecule has 3 heterocycles. The van der Waals surface area contributed by atoms with E-state index in [1.54, 1.807) is 35.4 Å². The van der Waals surface area contributed by atoms with E-state index in [4.69, 9.17) is 0 Å². The summed E-state index contributed by atoms with van der Waals surface area (Å²) in [5, 5.41) is 9.04. The summed E-state index contributed by atoms with van der Waals surface area (Å²) < 4.78 is 3.09. The molecular weight excluding hydrogens is 270 g/mol. The Morgan fingerprint density at radius 2 is 2.05 bits per heavy atom. The van der Waals surface area contributed by atoms with E-state index in [0.717, 1.165) is 5.39 Å². The van der Waals surface area contributed by atoms with Gasteiger partial charge in [-0.3, -0.25) is 9.59 Å². The number of ketones is 2. The molecule has 106 valence electrons. The summed E-state index contributed by atoms with van der Waals surface area (Å²) in [7, 11) is 0. The van der Waals surface area contributed by atoms with E-state index in [1.165, 1.54) is 18.5 Å². The first kappa shape index (κ1) is 13.2. The molecule has 0 spiro atoms. The maximum Gasteiger partial charge on any atom is 0.180 e. The number of nitrogens with zero attached hydrogens (tertiary/aromatic N) is 5. The van der Waals surface area contributed by atoms with Crippen LogP contribution in [0, 0.1) is 0 Å². The molecule has 0 aliphatic carbocycles. The first-order chi connectivity index (χ1) is 10.1. The van der Waals surface area contributed by atoms with E-state index in [9.17, 15) is 9.59 Å². The van der Waals surface area contributed by atoms with Gasteiger partial charge >= 0.3 is 0 Å². The highest BCUT2D eigenvalue weighted by Gasteiger charge is 2.16. The van der Waals surface area contributed by atoms with Crippen LogP contribution in [0.5, 0.6) is 0 Å². The van der Waals surface area contributed by atoms with E-state index < -0.39 is 0 Å². The number of hydrogen-bond donors (Lipinski definition) is 0. The second-order valence-corrected chi connectivity index (χ2v) is 4.78. The topological polar surface area (TPSA) is 82.7 Å². The molecule has 3 rings (SSSR count). The molecule has 0 aliphatic rings. The Kier molecular flexibility index (Phi) is 3.09. The summed E-state index contributed by atoms with van der Waals surface area (Å²) in [5.41, 5.74) is 1.42. The first-order valence-corrected chi connectivity index (χ1v) is 6.43. The van der Waals surface area contributed by atoms with E-state index in [2.05, 4.69) is 15.2 Å². The molecule has 0 radical (unpaired) electrons. The lowest BCUT2D eigenvalue weighted by Crippen LogP contribution is -2.11. The van der Waals surface area contributed by atoms with Gasteiger partial charge in [0.25, 0.3) is 0 Å². The lowest BCUT2D eigenvalue weighted by atomic mass is 10.2. The number of fused-ring (bicyclic) bond motifs is 1. The van der Waals surface area contributed by atoms with Gasteiger partial charge in [-0.1, -0.05) is 0 Å². The van der Waals surface area contributed by atoms with E-state index in [-0.39, 0.29) is 18.1 Å². The van der Waals surface area contributed by atoms with Gasteiger partial charge in [0.2, 0.25) is 0 Å². The van der Waals surface area contributed by atoms with Gasteiger partial charge in [-0.15, -0.1) is 0 Å². The van der Waals surface area contributed by atoms with E-state index in [1.807, 2.05) is 0 Å². The molecule has 0 bridgehead atoms. The molecule has 0 aliphatic heterocycles. The SMILES string of the molecule is CC(=O)Cn1ncc2cc(-n3cccn3)c(C(C)=O)nc21. The van der Waals surface area contributed by atoms with Crippen molar-refractivity contribution in [1.82, 2.24) is 24.5 Å². The fourth-order valence-electron chi connectivity index (χ4n) is 2.17. The second kappa shape index (κ2) is 4.93. The van der Waals surface area contributed by atoms with Crippen LogP contribution in [0.1, 0.15) is 24.3 Å². The number of hydrogen-bond acceptors (Lipinski definition) is 5. The molecule has 7 heteroatoms. The molecule has 0 saturated heterocycles. The third kappa shape index (κ3) is 2.33. The van der Waals surface area contributed by atoms with E-state index >= 15 is 0 Å². The largest absolute Gasteiger partial charge is 0.298 e. The molecule has 0 amide bonds. The molecule has 0 aromatic carbocycles. The van der Waals surface area contributed by atoms with Crippen molar-refractivity contribution in [3.8, 4) is 5.69 Å². The van der Waals surface area contributed by atoms with Gasteiger partial charge in [-0.2, -0.15) is 10.2 Å². The molecule has 21 heavy (non-hydrogen) atoms. The normalized spacial score (nSPS) is 11.0. The number of carbonyl (C=O) groups excluding carboxylic acids is 2. The Hall–Kier alpha value is -2.83. The van der Waals surface area contributed by atoms with Crippen molar-refractivity contribution in [3.63, 3.8) is 0 Å². The average Bonchev–Trinajstić information content (AvgIpc) is 3.06. The highest BCUT2D eigenvalue weighted by atomic mass is 16.1. The number of aromatic nitrogens is 5. The van der Waals surface area contributed by atoms with Crippen LogP contribution in [0.15, 0.2) is 30.7 Å². The lowest BCUT2D eigenvalue weighted by Gasteiger charge is -2.07. The Morgan fingerprint density at radius 1 is 1.24 bits per heavy atom. The van der Waals surface area contributed by atoms with Crippen molar-refractivity contribution < 1.29 is 9.59 Å². The summed E-state index contributed by atoms with van der Waals surface area (Å²) in [6.45, 7) is 3.07. The second-order valence-electron chi connectivity index (χ2n) is 4.78. The minimum atomic E-state index is -0.169. The molecule has 0 fully saturated rings. The number of rotatable bonds is 4. The molecule has 7 nitrogen and oxygen atoms in total. The van der Waals surface area contributed by atoms with Gasteiger partial charge < -0.3 is 0 Å². The molecule has 0 atom stereocenters. The zero-order valence-electron chi connectivity index (χ0n) is 11.6. The third-order valence-corrected chi connectivity index (χ3v) is 3.05. The van der Waals surface area contributed by atoms with Gasteiger partial charge in [-0.05, 0) is 19.1 Å². The van der Waals surface area contributed by atoms with Crippen LogP contribution < -0.4 is 0 Å². The van der Waals surface area contributed by atoms with Gasteiger partial charge in [0, 0.05) is 24.7 Å². The fraction of sp³-hybridized carbons (Fsp3) is 0.214. The van der Waals surface area contributed by atoms with Gasteiger partial charge in [0.05, 0.1) is 11.9 Å². The van der Waals surface area contributed by atoms with Crippen molar-refractivity contribution in [2.45, 2.75) is 20.4 Å². The van der Waals surface area contributed by atoms with Crippen molar-refractivity contribution >= 4 is 22.6 Å². The number of pyridine rings is 1. The summed E-state index contributed by atoms with van der Waals surface area (Å²) in [5.74, 6) is -0.194. The van der Waals surface area contributed by atoms with Crippen LogP contribution in [-0.2, 0) is 11.3 Å². The van der Waals surface area contributed by atoms with E-state index in [0.29, 0.717) is 17.0 Å². The molecule has 3 aromatic heterocycles. The van der Waals surface area contributed by atoms with Crippen LogP contribution in [0.2, 0.25) is 0 Å². The first-order valence-electron chi connectivity index (χ1n) is 6.43. The van der Waals surface area contributed by atoms with Gasteiger partial charge in [-0.25, -0.2) is 14.3 Å². The quantitative estimate of drug-likeness (QED) is 0.676. The van der Waals surface area contributed by atoms with Crippen LogP contribution >= 0.6 is 0 Å². The predicted molar refractivity (Wildman–Crippen MR) is 75.3 cm³/mol. The molecule has 3 aromatic rings. The number of Topliss-reactive ketones (excluding diaryl/α,β-unsaturated/α-hetero) is 2. The standard InChI is InChI=1S/C14H13N5O2/c1-9(20)8-19-14-11(7-16-19)6-12(13(17-14)10(2)21)18-5-3-4-15-18/h3-7H,8H2,1-2H3. The van der Waals surface area contributed by atoms with Gasteiger partial charge in [0.15, 0.2) is 17.2 Å². The molecule has 0 saturated carbocycles. The summed E-state index contributed by atoms with van der Waals surface area (Å²) in [6, 6.07) is 3.57. The Balaban J connectivity index is 2.24. The maximum atomic E-state index is 11.9. The third-order valence-electron chi connectivity index (χ3n) is 3.05. The predicted octanol–water partition coefficient (Wildman–Crippen LogP) is 1.41. The van der Waals surface area contributed by atoms with Crippen LogP contribution in [-0.4, -0.2) is 36.1 Å². The van der Waals surface area contributed by atoms with Crippen molar-refractivity contribution in [1.29, 1.82) is 0 Å². The summed E-state index contributed by atoms with van der Waals surface area (Å²) >= 11 is 0. The average molecular weight is 283 g/mol. The zero-order chi connectivity index (χ0) is 15.0. The smallest absolute Gasteiger partial charge is 0.180 e. The van der Waals surface area contributed by atoms with Crippen molar-refractivity contribution in [2.24, 2.45) is 0 Å². The molecule has 0 unspecified atom stereocenters. The molecular formula is C14H13N5O2. The summed E-state index contributed by atoms with van der Waals surface area (Å²) in [6.07, 6.45) is 5.00. The van der Waals surface area contributed by atoms with Gasteiger partial charge in [0.1, 0.15) is 12.2 Å². The zero-order valence-corrected chi connectivity index (χ0v) is 11.6. The highest BCUT2D eigenvalue weighted by Crippen LogP contribution is 2.20. The molecule has 0 N–H and O–H groups in total. The Morgan fingerprint density at radius 3 is 2.67 bits per heavy atom. The van der Waals surface area contributed by atoms with Crippen molar-refractivity contribution in [3.05, 3.63) is 36.4 Å². The summed E-state index contributed by atoms with van der Waals surface area (Å²) in [4.78, 5) is 27.5. The van der Waals surface area contributed by atoms with Crippen LogP contribution in [0.25, 0.3) is 16.7 Å². The van der Waals surface area contributed by atoms with Crippen molar-refractivity contribution in [2.75, 3.05) is 0 Å². The lowest BCUT2D eigenvalue weighted by molar-refractivity contribution is -0.117. The monoisotopic (exact) mass is 283 g/mol. The van der Waals surface area contributed by atoms with Crippen LogP contribution in [0.3, 0.4) is 0 Å². The Labute approximate surface area is 120 Å². The minimum absolute atomic E-state index is 0.0256. The fourth-order valence-corrected chi connectivity index (χ4v) is 2.17. The Bertz CT molecular complexity index is 833.